The molecule has 0 aliphatic rings. The first-order valence-electron chi connectivity index (χ1n) is 6.84. The molecule has 0 spiro atoms. The molecule has 0 aliphatic heterocycles. The molecule has 0 N–H and O–H groups in total. The normalized spacial score (nSPS) is 11.8. The number of esters is 1. The van der Waals surface area contributed by atoms with Gasteiger partial charge in [-0.25, -0.2) is 0 Å². The fraction of sp³-hybridized carbons (Fsp3) is 0.643. The van der Waals surface area contributed by atoms with Gasteiger partial charge in [0, 0.05) is 0 Å². The van der Waals surface area contributed by atoms with Crippen molar-refractivity contribution in [2.24, 2.45) is 5.92 Å². The number of carbonyl (C=O) groups excluding carboxylic acids is 1. The molecule has 1 aromatic rings. The SMILES string of the molecule is CCC(C)CCOC(=O)CSc1nc(OC)cc(OC)n1. The predicted molar refractivity (Wildman–Crippen MR) is 80.9 cm³/mol. The zero-order valence-electron chi connectivity index (χ0n) is 12.9. The summed E-state index contributed by atoms with van der Waals surface area (Å²) in [6, 6.07) is 1.58. The van der Waals surface area contributed by atoms with E-state index in [1.807, 2.05) is 0 Å². The molecule has 0 bridgehead atoms. The average molecular weight is 314 g/mol. The first-order valence-corrected chi connectivity index (χ1v) is 7.83. The van der Waals surface area contributed by atoms with E-state index in [-0.39, 0.29) is 11.7 Å². The lowest BCUT2D eigenvalue weighted by Crippen LogP contribution is -2.11. The lowest BCUT2D eigenvalue weighted by molar-refractivity contribution is -0.140. The highest BCUT2D eigenvalue weighted by Gasteiger charge is 2.10. The van der Waals surface area contributed by atoms with Crippen molar-refractivity contribution in [1.29, 1.82) is 0 Å². The Morgan fingerprint density at radius 2 is 1.90 bits per heavy atom. The van der Waals surface area contributed by atoms with Crippen LogP contribution in [0.3, 0.4) is 0 Å². The van der Waals surface area contributed by atoms with Crippen molar-refractivity contribution < 1.29 is 19.0 Å². The van der Waals surface area contributed by atoms with Gasteiger partial charge in [0.05, 0.1) is 32.6 Å². The van der Waals surface area contributed by atoms with Crippen molar-refractivity contribution in [3.05, 3.63) is 6.07 Å². The van der Waals surface area contributed by atoms with E-state index in [1.54, 1.807) is 6.07 Å². The van der Waals surface area contributed by atoms with Crippen LogP contribution in [0.5, 0.6) is 11.8 Å². The maximum atomic E-state index is 11.6. The molecule has 118 valence electrons. The molecular weight excluding hydrogens is 292 g/mol. The number of ether oxygens (including phenoxy) is 3. The topological polar surface area (TPSA) is 70.5 Å². The number of hydrogen-bond acceptors (Lipinski definition) is 7. The van der Waals surface area contributed by atoms with E-state index >= 15 is 0 Å². The summed E-state index contributed by atoms with van der Waals surface area (Å²) >= 11 is 1.20. The molecule has 0 saturated heterocycles. The molecule has 21 heavy (non-hydrogen) atoms. The van der Waals surface area contributed by atoms with Gasteiger partial charge in [-0.15, -0.1) is 0 Å². The third-order valence-corrected chi connectivity index (χ3v) is 3.79. The highest BCUT2D eigenvalue weighted by atomic mass is 32.2. The largest absolute Gasteiger partial charge is 0.481 e. The number of rotatable bonds is 9. The molecule has 7 heteroatoms. The highest BCUT2D eigenvalue weighted by molar-refractivity contribution is 7.99. The van der Waals surface area contributed by atoms with Gasteiger partial charge in [-0.3, -0.25) is 4.79 Å². The van der Waals surface area contributed by atoms with Gasteiger partial charge in [0.2, 0.25) is 11.8 Å². The summed E-state index contributed by atoms with van der Waals surface area (Å²) in [5.41, 5.74) is 0. The monoisotopic (exact) mass is 314 g/mol. The molecule has 1 heterocycles. The van der Waals surface area contributed by atoms with E-state index in [2.05, 4.69) is 23.8 Å². The highest BCUT2D eigenvalue weighted by Crippen LogP contribution is 2.21. The summed E-state index contributed by atoms with van der Waals surface area (Å²) in [4.78, 5) is 19.9. The summed E-state index contributed by atoms with van der Waals surface area (Å²) in [6.07, 6.45) is 1.97. The van der Waals surface area contributed by atoms with Gasteiger partial charge < -0.3 is 14.2 Å². The van der Waals surface area contributed by atoms with Crippen LogP contribution in [-0.2, 0) is 9.53 Å². The van der Waals surface area contributed by atoms with Crippen molar-refractivity contribution in [1.82, 2.24) is 9.97 Å². The number of carbonyl (C=O) groups is 1. The minimum Gasteiger partial charge on any atom is -0.481 e. The summed E-state index contributed by atoms with van der Waals surface area (Å²) < 4.78 is 15.3. The summed E-state index contributed by atoms with van der Waals surface area (Å²) in [6.45, 7) is 4.71. The van der Waals surface area contributed by atoms with Crippen LogP contribution in [0.1, 0.15) is 26.7 Å². The lowest BCUT2D eigenvalue weighted by Gasteiger charge is -2.09. The molecular formula is C14H22N2O4S. The van der Waals surface area contributed by atoms with Gasteiger partial charge in [-0.1, -0.05) is 32.0 Å². The summed E-state index contributed by atoms with van der Waals surface area (Å²) in [7, 11) is 3.03. The van der Waals surface area contributed by atoms with Crippen LogP contribution in [0.4, 0.5) is 0 Å². The number of methoxy groups -OCH3 is 2. The Labute approximate surface area is 129 Å². The van der Waals surface area contributed by atoms with Crippen LogP contribution >= 0.6 is 11.8 Å². The number of thioether (sulfide) groups is 1. The second-order valence-corrected chi connectivity index (χ2v) is 5.49. The Morgan fingerprint density at radius 1 is 1.29 bits per heavy atom. The maximum Gasteiger partial charge on any atom is 0.316 e. The first kappa shape index (κ1) is 17.6. The molecule has 1 aromatic heterocycles. The van der Waals surface area contributed by atoms with Crippen LogP contribution in [-0.4, -0.2) is 42.5 Å². The maximum absolute atomic E-state index is 11.6. The van der Waals surface area contributed by atoms with Gasteiger partial charge in [-0.05, 0) is 12.3 Å². The molecule has 1 rings (SSSR count). The third-order valence-electron chi connectivity index (χ3n) is 2.97. The van der Waals surface area contributed by atoms with Crippen LogP contribution in [0, 0.1) is 5.92 Å². The molecule has 0 fully saturated rings. The Kier molecular flexibility index (Phi) is 7.89. The quantitative estimate of drug-likeness (QED) is 0.394. The van der Waals surface area contributed by atoms with E-state index < -0.39 is 0 Å². The average Bonchev–Trinajstić information content (AvgIpc) is 2.52. The van der Waals surface area contributed by atoms with Gasteiger partial charge >= 0.3 is 5.97 Å². The predicted octanol–water partition coefficient (Wildman–Crippen LogP) is 2.57. The summed E-state index contributed by atoms with van der Waals surface area (Å²) in [5.74, 6) is 1.26. The molecule has 0 amide bonds. The standard InChI is InChI=1S/C14H22N2O4S/c1-5-10(2)6-7-20-13(17)9-21-14-15-11(18-3)8-12(16-14)19-4/h8,10H,5-7,9H2,1-4H3. The molecule has 1 atom stereocenters. The molecule has 6 nitrogen and oxygen atoms in total. The number of hydrogen-bond donors (Lipinski definition) is 0. The Hall–Kier alpha value is -1.50. The number of aromatic nitrogens is 2. The number of nitrogens with zero attached hydrogens (tertiary/aromatic N) is 2. The van der Waals surface area contributed by atoms with Crippen LogP contribution in [0.2, 0.25) is 0 Å². The molecule has 0 aromatic carbocycles. The minimum absolute atomic E-state index is 0.164. The lowest BCUT2D eigenvalue weighted by atomic mass is 10.1. The van der Waals surface area contributed by atoms with Gasteiger partial charge in [0.25, 0.3) is 0 Å². The van der Waals surface area contributed by atoms with Crippen LogP contribution in [0.25, 0.3) is 0 Å². The Morgan fingerprint density at radius 3 is 2.43 bits per heavy atom. The van der Waals surface area contributed by atoms with E-state index in [0.29, 0.717) is 29.4 Å². The van der Waals surface area contributed by atoms with Gasteiger partial charge in [-0.2, -0.15) is 9.97 Å². The second-order valence-electron chi connectivity index (χ2n) is 4.55. The van der Waals surface area contributed by atoms with Crippen molar-refractivity contribution >= 4 is 17.7 Å². The fourth-order valence-electron chi connectivity index (χ4n) is 1.40. The smallest absolute Gasteiger partial charge is 0.316 e. The second kappa shape index (κ2) is 9.44. The van der Waals surface area contributed by atoms with Crippen molar-refractivity contribution in [3.63, 3.8) is 0 Å². The van der Waals surface area contributed by atoms with Crippen LogP contribution in [0.15, 0.2) is 11.2 Å². The minimum atomic E-state index is -0.270. The first-order chi connectivity index (χ1) is 10.1. The van der Waals surface area contributed by atoms with Gasteiger partial charge in [0.1, 0.15) is 0 Å². The van der Waals surface area contributed by atoms with Crippen molar-refractivity contribution in [3.8, 4) is 11.8 Å². The van der Waals surface area contributed by atoms with E-state index in [9.17, 15) is 4.79 Å². The molecule has 0 saturated carbocycles. The fourth-order valence-corrected chi connectivity index (χ4v) is 2.04. The van der Waals surface area contributed by atoms with Crippen molar-refractivity contribution in [2.75, 3.05) is 26.6 Å². The van der Waals surface area contributed by atoms with Crippen molar-refractivity contribution in [2.45, 2.75) is 31.8 Å². The van der Waals surface area contributed by atoms with E-state index in [1.165, 1.54) is 26.0 Å². The van der Waals surface area contributed by atoms with Gasteiger partial charge in [0.15, 0.2) is 5.16 Å². The molecule has 1 unspecified atom stereocenters. The Balaban J connectivity index is 2.42. The third kappa shape index (κ3) is 6.66. The summed E-state index contributed by atoms with van der Waals surface area (Å²) in [5, 5.41) is 0.421. The van der Waals surface area contributed by atoms with Crippen LogP contribution < -0.4 is 9.47 Å². The van der Waals surface area contributed by atoms with E-state index in [4.69, 9.17) is 14.2 Å². The zero-order valence-corrected chi connectivity index (χ0v) is 13.7. The molecule has 0 radical (unpaired) electrons. The van der Waals surface area contributed by atoms with E-state index in [0.717, 1.165) is 12.8 Å². The molecule has 0 aliphatic carbocycles. The Bertz CT molecular complexity index is 434. The zero-order chi connectivity index (χ0) is 15.7.